The third-order valence-corrected chi connectivity index (χ3v) is 6.07. The van der Waals surface area contributed by atoms with E-state index in [0.29, 0.717) is 40.7 Å². The van der Waals surface area contributed by atoms with E-state index >= 15 is 0 Å². The number of piperidine rings is 1. The summed E-state index contributed by atoms with van der Waals surface area (Å²) >= 11 is 6.02. The van der Waals surface area contributed by atoms with Crippen LogP contribution in [-0.4, -0.2) is 52.6 Å². The normalized spacial score (nSPS) is 17.1. The van der Waals surface area contributed by atoms with Crippen molar-refractivity contribution in [1.82, 2.24) is 14.8 Å². The van der Waals surface area contributed by atoms with Gasteiger partial charge in [-0.05, 0) is 49.2 Å². The molecular formula is C22H18ClN3O4. The van der Waals surface area contributed by atoms with Gasteiger partial charge >= 0.3 is 0 Å². The van der Waals surface area contributed by atoms with Crippen LogP contribution in [0.25, 0.3) is 11.1 Å². The number of aromatic nitrogens is 1. The fourth-order valence-electron chi connectivity index (χ4n) is 4.10. The van der Waals surface area contributed by atoms with Crippen molar-refractivity contribution in [3.63, 3.8) is 0 Å². The maximum atomic E-state index is 13.0. The number of oxazole rings is 1. The molecule has 2 aliphatic rings. The van der Waals surface area contributed by atoms with Crippen molar-refractivity contribution in [3.05, 3.63) is 64.0 Å². The minimum atomic E-state index is -0.376. The fraction of sp³-hybridized carbons (Fsp3) is 0.273. The van der Waals surface area contributed by atoms with Crippen LogP contribution < -0.4 is 0 Å². The van der Waals surface area contributed by atoms with E-state index in [0.717, 1.165) is 23.3 Å². The zero-order valence-corrected chi connectivity index (χ0v) is 17.0. The number of imide groups is 1. The van der Waals surface area contributed by atoms with Crippen LogP contribution in [0.3, 0.4) is 0 Å². The predicted molar refractivity (Wildman–Crippen MR) is 110 cm³/mol. The predicted octanol–water partition coefficient (Wildman–Crippen LogP) is 3.73. The second-order valence-electron chi connectivity index (χ2n) is 7.66. The number of carbonyl (C=O) groups excluding carboxylic acids is 3. The van der Waals surface area contributed by atoms with Crippen LogP contribution in [0, 0.1) is 0 Å². The Morgan fingerprint density at radius 3 is 2.57 bits per heavy atom. The second-order valence-corrected chi connectivity index (χ2v) is 8.10. The minimum Gasteiger partial charge on any atom is -0.440 e. The van der Waals surface area contributed by atoms with Crippen molar-refractivity contribution >= 4 is 40.4 Å². The minimum absolute atomic E-state index is 0.132. The quantitative estimate of drug-likeness (QED) is 0.586. The molecule has 1 fully saturated rings. The number of halogens is 1. The lowest BCUT2D eigenvalue weighted by Gasteiger charge is -2.30. The molecule has 0 N–H and O–H groups in total. The molecule has 0 unspecified atom stereocenters. The van der Waals surface area contributed by atoms with E-state index in [9.17, 15) is 14.4 Å². The zero-order valence-electron chi connectivity index (χ0n) is 16.2. The number of hydrogen-bond donors (Lipinski definition) is 0. The summed E-state index contributed by atoms with van der Waals surface area (Å²) in [6.07, 6.45) is 1.47. The van der Waals surface area contributed by atoms with Gasteiger partial charge in [0.25, 0.3) is 17.7 Å². The molecule has 8 heteroatoms. The van der Waals surface area contributed by atoms with E-state index in [1.165, 1.54) is 13.1 Å². The van der Waals surface area contributed by atoms with Gasteiger partial charge in [0.1, 0.15) is 5.52 Å². The summed E-state index contributed by atoms with van der Waals surface area (Å²) in [6.45, 7) is 1.12. The standard InChI is InChI=1S/C22H18ClN3O4/c1-25-21(28)15-4-2-13(10-16(15)22(25)29)20(27)26-8-6-12(7-9-26)19-24-17-11-14(23)3-5-18(17)30-19/h2-5,10-12H,6-9H2,1H3. The van der Waals surface area contributed by atoms with Crippen LogP contribution in [0.5, 0.6) is 0 Å². The van der Waals surface area contributed by atoms with Gasteiger partial charge in [0.15, 0.2) is 11.5 Å². The molecule has 3 heterocycles. The van der Waals surface area contributed by atoms with E-state index in [2.05, 4.69) is 4.98 Å². The van der Waals surface area contributed by atoms with Crippen molar-refractivity contribution < 1.29 is 18.8 Å². The number of fused-ring (bicyclic) bond motifs is 2. The summed E-state index contributed by atoms with van der Waals surface area (Å²) in [5.41, 5.74) is 2.48. The molecule has 0 aliphatic carbocycles. The van der Waals surface area contributed by atoms with Gasteiger partial charge in [-0.3, -0.25) is 19.3 Å². The molecule has 7 nitrogen and oxygen atoms in total. The van der Waals surface area contributed by atoms with E-state index in [4.69, 9.17) is 16.0 Å². The number of nitrogens with zero attached hydrogens (tertiary/aromatic N) is 3. The molecule has 3 amide bonds. The zero-order chi connectivity index (χ0) is 21.0. The molecule has 3 aromatic rings. The number of rotatable bonds is 2. The number of carbonyl (C=O) groups is 3. The maximum absolute atomic E-state index is 13.0. The number of benzene rings is 2. The highest BCUT2D eigenvalue weighted by molar-refractivity contribution is 6.31. The summed E-state index contributed by atoms with van der Waals surface area (Å²) in [6, 6.07) is 10.1. The van der Waals surface area contributed by atoms with Crippen LogP contribution in [0.15, 0.2) is 40.8 Å². The van der Waals surface area contributed by atoms with Crippen LogP contribution in [-0.2, 0) is 0 Å². The maximum Gasteiger partial charge on any atom is 0.261 e. The van der Waals surface area contributed by atoms with E-state index in [1.807, 2.05) is 6.07 Å². The highest BCUT2D eigenvalue weighted by Gasteiger charge is 2.34. The smallest absolute Gasteiger partial charge is 0.261 e. The Hall–Kier alpha value is -3.19. The molecule has 0 bridgehead atoms. The number of amides is 3. The first kappa shape index (κ1) is 18.8. The Morgan fingerprint density at radius 1 is 1.07 bits per heavy atom. The second kappa shape index (κ2) is 6.95. The summed E-state index contributed by atoms with van der Waals surface area (Å²) in [7, 11) is 1.44. The molecule has 152 valence electrons. The molecule has 1 aromatic heterocycles. The van der Waals surface area contributed by atoms with Gasteiger partial charge in [0.05, 0.1) is 11.1 Å². The van der Waals surface area contributed by atoms with Crippen LogP contribution in [0.2, 0.25) is 5.02 Å². The lowest BCUT2D eigenvalue weighted by molar-refractivity contribution is 0.0690. The molecule has 5 rings (SSSR count). The Labute approximate surface area is 177 Å². The monoisotopic (exact) mass is 423 g/mol. The molecule has 0 spiro atoms. The van der Waals surface area contributed by atoms with Gasteiger partial charge < -0.3 is 9.32 Å². The SMILES string of the molecule is CN1C(=O)c2ccc(C(=O)N3CCC(c4nc5cc(Cl)ccc5o4)CC3)cc2C1=O. The van der Waals surface area contributed by atoms with Gasteiger partial charge in [-0.1, -0.05) is 11.6 Å². The Morgan fingerprint density at radius 2 is 1.80 bits per heavy atom. The first-order valence-electron chi connectivity index (χ1n) is 9.74. The van der Waals surface area contributed by atoms with Crippen LogP contribution >= 0.6 is 11.6 Å². The average molecular weight is 424 g/mol. The van der Waals surface area contributed by atoms with E-state index in [1.54, 1.807) is 29.2 Å². The van der Waals surface area contributed by atoms with Gasteiger partial charge in [-0.15, -0.1) is 0 Å². The third kappa shape index (κ3) is 2.97. The highest BCUT2D eigenvalue weighted by atomic mass is 35.5. The van der Waals surface area contributed by atoms with E-state index < -0.39 is 0 Å². The van der Waals surface area contributed by atoms with Crippen molar-refractivity contribution in [3.8, 4) is 0 Å². The molecule has 30 heavy (non-hydrogen) atoms. The topological polar surface area (TPSA) is 83.7 Å². The molecule has 0 atom stereocenters. The molecule has 2 aliphatic heterocycles. The third-order valence-electron chi connectivity index (χ3n) is 5.83. The Bertz CT molecular complexity index is 1210. The first-order chi connectivity index (χ1) is 14.4. The summed E-state index contributed by atoms with van der Waals surface area (Å²) < 4.78 is 5.88. The van der Waals surface area contributed by atoms with Crippen molar-refractivity contribution in [2.75, 3.05) is 20.1 Å². The van der Waals surface area contributed by atoms with Gasteiger partial charge in [0.2, 0.25) is 0 Å². The molecular weight excluding hydrogens is 406 g/mol. The van der Waals surface area contributed by atoms with Gasteiger partial charge in [0, 0.05) is 36.6 Å². The Kier molecular flexibility index (Phi) is 4.36. The lowest BCUT2D eigenvalue weighted by Crippen LogP contribution is -2.38. The first-order valence-corrected chi connectivity index (χ1v) is 10.1. The molecule has 2 aromatic carbocycles. The molecule has 1 saturated heterocycles. The summed E-state index contributed by atoms with van der Waals surface area (Å²) in [4.78, 5) is 44.6. The Balaban J connectivity index is 1.30. The average Bonchev–Trinajstić information content (AvgIpc) is 3.28. The van der Waals surface area contributed by atoms with Gasteiger partial charge in [-0.2, -0.15) is 0 Å². The van der Waals surface area contributed by atoms with Crippen molar-refractivity contribution in [2.45, 2.75) is 18.8 Å². The number of hydrogen-bond acceptors (Lipinski definition) is 5. The van der Waals surface area contributed by atoms with Crippen LogP contribution in [0.1, 0.15) is 55.7 Å². The number of likely N-dealkylation sites (tertiary alicyclic amines) is 1. The molecule has 0 saturated carbocycles. The summed E-state index contributed by atoms with van der Waals surface area (Å²) in [5.74, 6) is -0.0543. The fourth-order valence-corrected chi connectivity index (χ4v) is 4.27. The molecule has 0 radical (unpaired) electrons. The van der Waals surface area contributed by atoms with Crippen molar-refractivity contribution in [1.29, 1.82) is 0 Å². The van der Waals surface area contributed by atoms with E-state index in [-0.39, 0.29) is 29.2 Å². The van der Waals surface area contributed by atoms with Crippen LogP contribution in [0.4, 0.5) is 0 Å². The lowest BCUT2D eigenvalue weighted by atomic mass is 9.96. The van der Waals surface area contributed by atoms with Crippen molar-refractivity contribution in [2.24, 2.45) is 0 Å². The highest BCUT2D eigenvalue weighted by Crippen LogP contribution is 2.31. The van der Waals surface area contributed by atoms with Gasteiger partial charge in [-0.25, -0.2) is 4.98 Å². The summed E-state index contributed by atoms with van der Waals surface area (Å²) in [5, 5.41) is 0.614. The largest absolute Gasteiger partial charge is 0.440 e.